The number of sulfonamides is 1. The number of carboxylic acids is 1. The fourth-order valence-electron chi connectivity index (χ4n) is 3.97. The minimum Gasteiger partial charge on any atom is -0.487 e. The number of aromatic carboxylic acids is 1. The molecular weight excluding hydrogens is 459 g/mol. The molecule has 0 radical (unpaired) electrons. The summed E-state index contributed by atoms with van der Waals surface area (Å²) in [5.74, 6) is -0.702. The van der Waals surface area contributed by atoms with Crippen LogP contribution < -0.4 is 9.04 Å². The summed E-state index contributed by atoms with van der Waals surface area (Å²) in [6.45, 7) is 1.01. The number of aryl methyl sites for hydroxylation is 2. The van der Waals surface area contributed by atoms with Crippen LogP contribution in [0.25, 0.3) is 0 Å². The predicted molar refractivity (Wildman–Crippen MR) is 126 cm³/mol. The standard InChI is InChI=1S/C25H25FN2O5S/c1-17(26)15-28(34(31,32)24-7-2-3-12-27-24)22-13-20-5-4-6-21(20)14-23(22)33-16-18-8-10-19(11-9-18)25(29)30/h2-3,7-14,17H,4-6,15-16H2,1H3,(H,29,30)/t17-/m1/s1. The summed E-state index contributed by atoms with van der Waals surface area (Å²) in [5.41, 5.74) is 3.23. The van der Waals surface area contributed by atoms with Gasteiger partial charge in [-0.05, 0) is 79.3 Å². The van der Waals surface area contributed by atoms with Crippen molar-refractivity contribution in [2.45, 2.75) is 44.0 Å². The van der Waals surface area contributed by atoms with E-state index in [-0.39, 0.29) is 29.4 Å². The normalized spacial score (nSPS) is 13.8. The molecule has 0 amide bonds. The number of aromatic nitrogens is 1. The quantitative estimate of drug-likeness (QED) is 0.484. The number of benzene rings is 2. The van der Waals surface area contributed by atoms with Crippen LogP contribution in [0.15, 0.2) is 65.8 Å². The highest BCUT2D eigenvalue weighted by atomic mass is 32.2. The van der Waals surface area contributed by atoms with Crippen molar-refractivity contribution < 1.29 is 27.4 Å². The van der Waals surface area contributed by atoms with Crippen LogP contribution in [0.1, 0.15) is 40.4 Å². The average molecular weight is 485 g/mol. The lowest BCUT2D eigenvalue weighted by Gasteiger charge is -2.27. The van der Waals surface area contributed by atoms with Crippen LogP contribution in [0.2, 0.25) is 0 Å². The zero-order valence-electron chi connectivity index (χ0n) is 18.6. The third-order valence-electron chi connectivity index (χ3n) is 5.65. The number of alkyl halides is 1. The van der Waals surface area contributed by atoms with E-state index in [1.54, 1.807) is 30.3 Å². The molecule has 34 heavy (non-hydrogen) atoms. The molecule has 7 nitrogen and oxygen atoms in total. The van der Waals surface area contributed by atoms with Crippen LogP contribution in [-0.4, -0.2) is 37.2 Å². The number of halogens is 1. The van der Waals surface area contributed by atoms with Crippen molar-refractivity contribution in [1.29, 1.82) is 0 Å². The summed E-state index contributed by atoms with van der Waals surface area (Å²) in [5, 5.41) is 8.91. The molecule has 3 aromatic rings. The van der Waals surface area contributed by atoms with Gasteiger partial charge in [0.1, 0.15) is 18.5 Å². The van der Waals surface area contributed by atoms with Gasteiger partial charge in [-0.3, -0.25) is 4.31 Å². The van der Waals surface area contributed by atoms with Crippen molar-refractivity contribution in [3.05, 3.63) is 83.0 Å². The molecular formula is C25H25FN2O5S. The van der Waals surface area contributed by atoms with E-state index in [9.17, 15) is 17.6 Å². The Kier molecular flexibility index (Phi) is 6.83. The highest BCUT2D eigenvalue weighted by Gasteiger charge is 2.31. The number of hydrogen-bond donors (Lipinski definition) is 1. The van der Waals surface area contributed by atoms with Crippen molar-refractivity contribution >= 4 is 21.7 Å². The molecule has 0 saturated heterocycles. The Balaban J connectivity index is 1.73. The Labute approximate surface area is 197 Å². The molecule has 2 aromatic carbocycles. The van der Waals surface area contributed by atoms with Gasteiger partial charge in [-0.25, -0.2) is 14.2 Å². The van der Waals surface area contributed by atoms with Crippen LogP contribution in [0.4, 0.5) is 10.1 Å². The summed E-state index contributed by atoms with van der Waals surface area (Å²) in [4.78, 5) is 15.1. The maximum Gasteiger partial charge on any atom is 0.335 e. The summed E-state index contributed by atoms with van der Waals surface area (Å²) in [7, 11) is -4.15. The molecule has 0 saturated carbocycles. The largest absolute Gasteiger partial charge is 0.487 e. The van der Waals surface area contributed by atoms with Gasteiger partial charge in [-0.2, -0.15) is 8.42 Å². The highest BCUT2D eigenvalue weighted by Crippen LogP contribution is 2.38. The van der Waals surface area contributed by atoms with Gasteiger partial charge in [-0.1, -0.05) is 18.2 Å². The first kappa shape index (κ1) is 23.7. The Morgan fingerprint density at radius 3 is 2.47 bits per heavy atom. The first-order chi connectivity index (χ1) is 16.3. The van der Waals surface area contributed by atoms with E-state index in [1.165, 1.54) is 31.3 Å². The van der Waals surface area contributed by atoms with Crippen LogP contribution in [0.3, 0.4) is 0 Å². The Bertz CT molecular complexity index is 1280. The predicted octanol–water partition coefficient (Wildman–Crippen LogP) is 4.40. The van der Waals surface area contributed by atoms with Crippen LogP contribution in [0, 0.1) is 0 Å². The highest BCUT2D eigenvalue weighted by molar-refractivity contribution is 7.92. The Morgan fingerprint density at radius 2 is 1.85 bits per heavy atom. The van der Waals surface area contributed by atoms with Crippen molar-refractivity contribution in [2.24, 2.45) is 0 Å². The number of nitrogens with zero attached hydrogens (tertiary/aromatic N) is 2. The molecule has 1 N–H and O–H groups in total. The van der Waals surface area contributed by atoms with Gasteiger partial charge in [0.05, 0.1) is 17.8 Å². The molecule has 178 valence electrons. The number of carbonyl (C=O) groups is 1. The van der Waals surface area contributed by atoms with Gasteiger partial charge in [0.25, 0.3) is 10.0 Å². The van der Waals surface area contributed by atoms with Crippen LogP contribution >= 0.6 is 0 Å². The maximum absolute atomic E-state index is 14.2. The van der Waals surface area contributed by atoms with E-state index in [0.717, 1.165) is 40.3 Å². The smallest absolute Gasteiger partial charge is 0.335 e. The molecule has 1 aliphatic carbocycles. The van der Waals surface area contributed by atoms with Gasteiger partial charge in [0.2, 0.25) is 0 Å². The topological polar surface area (TPSA) is 96.8 Å². The fraction of sp³-hybridized carbons (Fsp3) is 0.280. The molecule has 4 rings (SSSR count). The van der Waals surface area contributed by atoms with E-state index in [2.05, 4.69) is 4.98 Å². The number of carboxylic acid groups (broad SMARTS) is 1. The molecule has 1 aliphatic rings. The Hall–Kier alpha value is -3.46. The molecule has 1 heterocycles. The second-order valence-electron chi connectivity index (χ2n) is 8.22. The van der Waals surface area contributed by atoms with E-state index < -0.39 is 22.2 Å². The van der Waals surface area contributed by atoms with Crippen molar-refractivity contribution in [3.8, 4) is 5.75 Å². The second kappa shape index (κ2) is 9.80. The average Bonchev–Trinajstić information content (AvgIpc) is 3.28. The maximum atomic E-state index is 14.2. The minimum atomic E-state index is -4.15. The van der Waals surface area contributed by atoms with E-state index >= 15 is 0 Å². The SMILES string of the molecule is C[C@@H](F)CN(c1cc2c(cc1OCc1ccc(C(=O)O)cc1)CCC2)S(=O)(=O)c1ccccn1. The van der Waals surface area contributed by atoms with Gasteiger partial charge in [0.15, 0.2) is 5.03 Å². The van der Waals surface area contributed by atoms with E-state index in [0.29, 0.717) is 5.75 Å². The van der Waals surface area contributed by atoms with E-state index in [1.807, 2.05) is 6.07 Å². The monoisotopic (exact) mass is 484 g/mol. The number of ether oxygens (including phenoxy) is 1. The fourth-order valence-corrected chi connectivity index (χ4v) is 5.44. The zero-order valence-corrected chi connectivity index (χ0v) is 19.5. The van der Waals surface area contributed by atoms with Crippen molar-refractivity contribution in [3.63, 3.8) is 0 Å². The molecule has 0 fully saturated rings. The van der Waals surface area contributed by atoms with Crippen LogP contribution in [-0.2, 0) is 29.5 Å². The summed E-state index contributed by atoms with van der Waals surface area (Å²) < 4.78 is 48.3. The number of fused-ring (bicyclic) bond motifs is 1. The minimum absolute atomic E-state index is 0.0916. The van der Waals surface area contributed by atoms with E-state index in [4.69, 9.17) is 9.84 Å². The molecule has 1 atom stereocenters. The number of hydrogen-bond acceptors (Lipinski definition) is 5. The second-order valence-corrected chi connectivity index (χ2v) is 10.0. The lowest BCUT2D eigenvalue weighted by molar-refractivity contribution is 0.0696. The molecule has 0 spiro atoms. The van der Waals surface area contributed by atoms with Gasteiger partial charge in [-0.15, -0.1) is 0 Å². The summed E-state index contributed by atoms with van der Waals surface area (Å²) in [6, 6.07) is 14.4. The molecule has 0 unspecified atom stereocenters. The number of rotatable bonds is 9. The Morgan fingerprint density at radius 1 is 1.15 bits per heavy atom. The lowest BCUT2D eigenvalue weighted by Crippen LogP contribution is -2.36. The van der Waals surface area contributed by atoms with Gasteiger partial charge < -0.3 is 9.84 Å². The molecule has 0 bridgehead atoms. The lowest BCUT2D eigenvalue weighted by atomic mass is 10.1. The molecule has 0 aliphatic heterocycles. The summed E-state index contributed by atoms with van der Waals surface area (Å²) >= 11 is 0. The van der Waals surface area contributed by atoms with Gasteiger partial charge in [0, 0.05) is 6.20 Å². The third kappa shape index (κ3) is 5.04. The number of anilines is 1. The zero-order chi connectivity index (χ0) is 24.3. The van der Waals surface area contributed by atoms with Crippen molar-refractivity contribution in [1.82, 2.24) is 4.98 Å². The third-order valence-corrected chi connectivity index (χ3v) is 7.34. The van der Waals surface area contributed by atoms with Gasteiger partial charge >= 0.3 is 5.97 Å². The molecule has 1 aromatic heterocycles. The first-order valence-electron chi connectivity index (χ1n) is 10.9. The first-order valence-corrected chi connectivity index (χ1v) is 12.4. The van der Waals surface area contributed by atoms with Crippen molar-refractivity contribution in [2.75, 3.05) is 10.8 Å². The molecule has 9 heteroatoms. The van der Waals surface area contributed by atoms with Crippen LogP contribution in [0.5, 0.6) is 5.75 Å². The summed E-state index contributed by atoms with van der Waals surface area (Å²) in [6.07, 6.45) is 2.56. The number of pyridine rings is 1.